The maximum Gasteiger partial charge on any atom is 0.307 e. The zero-order valence-electron chi connectivity index (χ0n) is 12.6. The van der Waals surface area contributed by atoms with Crippen LogP contribution in [0.3, 0.4) is 0 Å². The third kappa shape index (κ3) is 4.97. The number of rotatable bonds is 8. The first kappa shape index (κ1) is 17.4. The molecule has 0 aliphatic rings. The molecule has 0 heterocycles. The fourth-order valence-corrected chi connectivity index (χ4v) is 2.20. The Kier molecular flexibility index (Phi) is 7.09. The lowest BCUT2D eigenvalue weighted by atomic mass is 10.0. The molecule has 0 radical (unpaired) electrons. The van der Waals surface area contributed by atoms with Gasteiger partial charge >= 0.3 is 5.97 Å². The highest BCUT2D eigenvalue weighted by atomic mass is 35.5. The van der Waals surface area contributed by atoms with E-state index in [2.05, 4.69) is 0 Å². The van der Waals surface area contributed by atoms with Crippen LogP contribution >= 0.6 is 11.6 Å². The molecule has 0 aliphatic carbocycles. The van der Waals surface area contributed by atoms with Crippen molar-refractivity contribution in [2.75, 3.05) is 13.2 Å². The Balaban J connectivity index is 3.27. The van der Waals surface area contributed by atoms with Crippen molar-refractivity contribution < 1.29 is 19.4 Å². The van der Waals surface area contributed by atoms with Crippen molar-refractivity contribution in [2.24, 2.45) is 0 Å². The Morgan fingerprint density at radius 1 is 1.19 bits per heavy atom. The summed E-state index contributed by atoms with van der Waals surface area (Å²) in [6.45, 7) is 6.77. The van der Waals surface area contributed by atoms with Crippen molar-refractivity contribution in [2.45, 2.75) is 33.6 Å². The van der Waals surface area contributed by atoms with Gasteiger partial charge in [-0.05, 0) is 31.9 Å². The molecule has 1 rings (SSSR count). The molecule has 5 heteroatoms. The standard InChI is InChI=1S/C16H21ClO4/c1-4-11(7-8-16(18)19)12-9-13(17)15(21-6-3)10-14(12)20-5-2/h7,9-10H,4-6,8H2,1-3H3,(H,18,19)/b11-7+. The Labute approximate surface area is 130 Å². The minimum Gasteiger partial charge on any atom is -0.493 e. The van der Waals surface area contributed by atoms with Crippen LogP contribution in [0.5, 0.6) is 11.5 Å². The number of carbonyl (C=O) groups is 1. The van der Waals surface area contributed by atoms with Gasteiger partial charge < -0.3 is 14.6 Å². The lowest BCUT2D eigenvalue weighted by Crippen LogP contribution is -2.00. The highest BCUT2D eigenvalue weighted by Gasteiger charge is 2.13. The minimum absolute atomic E-state index is 0.0282. The zero-order chi connectivity index (χ0) is 15.8. The number of aliphatic carboxylic acids is 1. The van der Waals surface area contributed by atoms with Crippen LogP contribution in [0.25, 0.3) is 5.57 Å². The van der Waals surface area contributed by atoms with E-state index in [0.717, 1.165) is 11.1 Å². The van der Waals surface area contributed by atoms with Crippen LogP contribution in [0.2, 0.25) is 5.02 Å². The van der Waals surface area contributed by atoms with Gasteiger partial charge in [0.25, 0.3) is 0 Å². The predicted molar refractivity (Wildman–Crippen MR) is 84.3 cm³/mol. The van der Waals surface area contributed by atoms with Gasteiger partial charge in [-0.3, -0.25) is 4.79 Å². The van der Waals surface area contributed by atoms with Crippen LogP contribution < -0.4 is 9.47 Å². The van der Waals surface area contributed by atoms with E-state index >= 15 is 0 Å². The van der Waals surface area contributed by atoms with E-state index in [1.807, 2.05) is 20.8 Å². The van der Waals surface area contributed by atoms with Crippen LogP contribution in [-0.4, -0.2) is 24.3 Å². The molecule has 0 fully saturated rings. The van der Waals surface area contributed by atoms with E-state index in [0.29, 0.717) is 36.2 Å². The minimum atomic E-state index is -0.865. The van der Waals surface area contributed by atoms with Crippen LogP contribution in [0.4, 0.5) is 0 Å². The maximum atomic E-state index is 10.7. The van der Waals surface area contributed by atoms with Gasteiger partial charge in [0.2, 0.25) is 0 Å². The fraction of sp³-hybridized carbons (Fsp3) is 0.438. The van der Waals surface area contributed by atoms with Gasteiger partial charge in [-0.15, -0.1) is 0 Å². The first-order valence-electron chi connectivity index (χ1n) is 7.03. The number of hydrogen-bond acceptors (Lipinski definition) is 3. The molecule has 1 aromatic rings. The van der Waals surface area contributed by atoms with Gasteiger partial charge in [0.1, 0.15) is 11.5 Å². The van der Waals surface area contributed by atoms with Gasteiger partial charge in [0.05, 0.1) is 24.7 Å². The lowest BCUT2D eigenvalue weighted by molar-refractivity contribution is -0.135. The van der Waals surface area contributed by atoms with Crippen molar-refractivity contribution in [1.29, 1.82) is 0 Å². The van der Waals surface area contributed by atoms with E-state index in [1.54, 1.807) is 18.2 Å². The van der Waals surface area contributed by atoms with E-state index in [9.17, 15) is 4.79 Å². The highest BCUT2D eigenvalue weighted by molar-refractivity contribution is 6.32. The molecule has 0 amide bonds. The van der Waals surface area contributed by atoms with Crippen LogP contribution in [0, 0.1) is 0 Å². The Hall–Kier alpha value is -1.68. The zero-order valence-corrected chi connectivity index (χ0v) is 13.4. The molecule has 0 saturated heterocycles. The normalized spacial score (nSPS) is 11.3. The summed E-state index contributed by atoms with van der Waals surface area (Å²) in [5.41, 5.74) is 1.71. The first-order chi connectivity index (χ1) is 10.0. The van der Waals surface area contributed by atoms with Gasteiger partial charge in [0.15, 0.2) is 0 Å². The number of halogens is 1. The summed E-state index contributed by atoms with van der Waals surface area (Å²) in [4.78, 5) is 10.7. The molecule has 21 heavy (non-hydrogen) atoms. The summed E-state index contributed by atoms with van der Waals surface area (Å²) >= 11 is 6.22. The maximum absolute atomic E-state index is 10.7. The van der Waals surface area contributed by atoms with Gasteiger partial charge in [-0.1, -0.05) is 24.6 Å². The van der Waals surface area contributed by atoms with Gasteiger partial charge in [-0.25, -0.2) is 0 Å². The largest absolute Gasteiger partial charge is 0.493 e. The second-order valence-electron chi connectivity index (χ2n) is 4.33. The Bertz CT molecular complexity index is 523. The summed E-state index contributed by atoms with van der Waals surface area (Å²) in [5.74, 6) is 0.361. The molecule has 0 atom stereocenters. The fourth-order valence-electron chi connectivity index (χ4n) is 1.98. The molecule has 1 aromatic carbocycles. The number of allylic oxidation sites excluding steroid dienone is 1. The van der Waals surface area contributed by atoms with Crippen molar-refractivity contribution in [3.05, 3.63) is 28.8 Å². The molecule has 1 N–H and O–H groups in total. The van der Waals surface area contributed by atoms with Crippen molar-refractivity contribution >= 4 is 23.1 Å². The Morgan fingerprint density at radius 3 is 2.33 bits per heavy atom. The second kappa shape index (κ2) is 8.57. The lowest BCUT2D eigenvalue weighted by Gasteiger charge is -2.15. The molecule has 0 spiro atoms. The van der Waals surface area contributed by atoms with Crippen LogP contribution in [0.1, 0.15) is 39.2 Å². The molecular weight excluding hydrogens is 292 g/mol. The monoisotopic (exact) mass is 312 g/mol. The Morgan fingerprint density at radius 2 is 1.81 bits per heavy atom. The number of carboxylic acid groups (broad SMARTS) is 1. The summed E-state index contributed by atoms with van der Waals surface area (Å²) < 4.78 is 11.1. The smallest absolute Gasteiger partial charge is 0.307 e. The third-order valence-corrected chi connectivity index (χ3v) is 3.18. The van der Waals surface area contributed by atoms with Crippen LogP contribution in [0.15, 0.2) is 18.2 Å². The van der Waals surface area contributed by atoms with Crippen molar-refractivity contribution in [1.82, 2.24) is 0 Å². The molecule has 0 aliphatic heterocycles. The van der Waals surface area contributed by atoms with E-state index in [4.69, 9.17) is 26.2 Å². The number of carboxylic acids is 1. The summed E-state index contributed by atoms with van der Waals surface area (Å²) in [7, 11) is 0. The SMILES string of the molecule is CCOc1cc(OCC)c(/C(=C/CC(=O)O)CC)cc1Cl. The second-order valence-corrected chi connectivity index (χ2v) is 4.73. The molecule has 0 saturated carbocycles. The summed E-state index contributed by atoms with van der Waals surface area (Å²) in [5, 5.41) is 9.31. The highest BCUT2D eigenvalue weighted by Crippen LogP contribution is 2.37. The summed E-state index contributed by atoms with van der Waals surface area (Å²) in [6.07, 6.45) is 2.36. The number of ether oxygens (including phenoxy) is 2. The molecular formula is C16H21ClO4. The van der Waals surface area contributed by atoms with Crippen molar-refractivity contribution in [3.63, 3.8) is 0 Å². The predicted octanol–water partition coefficient (Wildman–Crippen LogP) is 4.41. The van der Waals surface area contributed by atoms with Gasteiger partial charge in [-0.2, -0.15) is 0 Å². The summed E-state index contributed by atoms with van der Waals surface area (Å²) in [6, 6.07) is 3.53. The molecule has 4 nitrogen and oxygen atoms in total. The third-order valence-electron chi connectivity index (χ3n) is 2.88. The van der Waals surface area contributed by atoms with Gasteiger partial charge in [0, 0.05) is 11.6 Å². The van der Waals surface area contributed by atoms with Crippen LogP contribution in [-0.2, 0) is 4.79 Å². The number of benzene rings is 1. The average Bonchev–Trinajstić information content (AvgIpc) is 2.44. The molecule has 0 bridgehead atoms. The molecule has 0 aromatic heterocycles. The quantitative estimate of drug-likeness (QED) is 0.772. The van der Waals surface area contributed by atoms with E-state index < -0.39 is 5.97 Å². The molecule has 116 valence electrons. The van der Waals surface area contributed by atoms with E-state index in [-0.39, 0.29) is 6.42 Å². The topological polar surface area (TPSA) is 55.8 Å². The first-order valence-corrected chi connectivity index (χ1v) is 7.41. The molecule has 0 unspecified atom stereocenters. The number of hydrogen-bond donors (Lipinski definition) is 1. The average molecular weight is 313 g/mol. The van der Waals surface area contributed by atoms with Crippen molar-refractivity contribution in [3.8, 4) is 11.5 Å². The van der Waals surface area contributed by atoms with E-state index in [1.165, 1.54) is 0 Å².